The number of esters is 1. The molecule has 0 fully saturated rings. The van der Waals surface area contributed by atoms with Gasteiger partial charge in [0.15, 0.2) is 0 Å². The molecule has 0 spiro atoms. The van der Waals surface area contributed by atoms with E-state index < -0.39 is 5.41 Å². The molecule has 0 saturated heterocycles. The van der Waals surface area contributed by atoms with Crippen molar-refractivity contribution in [3.8, 4) is 5.75 Å². The van der Waals surface area contributed by atoms with Crippen LogP contribution < -0.4 is 4.74 Å². The summed E-state index contributed by atoms with van der Waals surface area (Å²) in [5.74, 6) is 0.867. The smallest absolute Gasteiger partial charge is 0.311 e. The molecule has 0 heterocycles. The van der Waals surface area contributed by atoms with Gasteiger partial charge in [-0.2, -0.15) is 0 Å². The van der Waals surface area contributed by atoms with E-state index in [0.717, 1.165) is 5.75 Å². The van der Waals surface area contributed by atoms with Crippen molar-refractivity contribution in [1.29, 1.82) is 0 Å². The van der Waals surface area contributed by atoms with Gasteiger partial charge in [0.05, 0.1) is 5.41 Å². The van der Waals surface area contributed by atoms with Crippen LogP contribution in [0.1, 0.15) is 27.7 Å². The molecule has 0 aliphatic rings. The molecule has 18 heavy (non-hydrogen) atoms. The molecular weight excluding hydrogens is 228 g/mol. The van der Waals surface area contributed by atoms with E-state index in [1.165, 1.54) is 0 Å². The summed E-state index contributed by atoms with van der Waals surface area (Å²) in [4.78, 5) is 11.8. The molecular formula is C15H22O3. The lowest BCUT2D eigenvalue weighted by atomic mass is 9.81. The Balaban J connectivity index is 2.28. The molecule has 0 unspecified atom stereocenters. The maximum absolute atomic E-state index is 11.8. The minimum Gasteiger partial charge on any atom is -0.490 e. The van der Waals surface area contributed by atoms with Gasteiger partial charge in [-0.15, -0.1) is 0 Å². The number of para-hydroxylation sites is 1. The highest BCUT2D eigenvalue weighted by Crippen LogP contribution is 2.27. The number of rotatable bonds is 6. The van der Waals surface area contributed by atoms with E-state index in [4.69, 9.17) is 9.47 Å². The Morgan fingerprint density at radius 2 is 1.78 bits per heavy atom. The summed E-state index contributed by atoms with van der Waals surface area (Å²) >= 11 is 0. The van der Waals surface area contributed by atoms with Crippen LogP contribution in [0.4, 0.5) is 0 Å². The number of carbonyl (C=O) groups excluding carboxylic acids is 1. The normalized spacial score (nSPS) is 11.4. The first-order chi connectivity index (χ1) is 8.44. The fraction of sp³-hybridized carbons (Fsp3) is 0.533. The highest BCUT2D eigenvalue weighted by molar-refractivity contribution is 5.76. The number of benzene rings is 1. The Kier molecular flexibility index (Phi) is 5.20. The summed E-state index contributed by atoms with van der Waals surface area (Å²) in [5.41, 5.74) is -0.452. The second-order valence-corrected chi connectivity index (χ2v) is 5.17. The molecule has 0 atom stereocenters. The van der Waals surface area contributed by atoms with Gasteiger partial charge in [-0.1, -0.05) is 32.0 Å². The van der Waals surface area contributed by atoms with E-state index in [0.29, 0.717) is 6.61 Å². The summed E-state index contributed by atoms with van der Waals surface area (Å²) < 4.78 is 10.7. The van der Waals surface area contributed by atoms with Crippen LogP contribution in [0.3, 0.4) is 0 Å². The minimum absolute atomic E-state index is 0.172. The second kappa shape index (κ2) is 6.43. The molecule has 0 aliphatic carbocycles. The quantitative estimate of drug-likeness (QED) is 0.574. The lowest BCUT2D eigenvalue weighted by Gasteiger charge is -2.26. The molecule has 100 valence electrons. The van der Waals surface area contributed by atoms with E-state index in [2.05, 4.69) is 0 Å². The largest absolute Gasteiger partial charge is 0.490 e. The summed E-state index contributed by atoms with van der Waals surface area (Å²) in [6.07, 6.45) is 0. The SMILES string of the molecule is CC(C)C(C)(C)C(=O)OCCOc1ccccc1. The zero-order valence-electron chi connectivity index (χ0n) is 11.6. The summed E-state index contributed by atoms with van der Waals surface area (Å²) in [5, 5.41) is 0. The third kappa shape index (κ3) is 4.06. The van der Waals surface area contributed by atoms with Gasteiger partial charge in [0.2, 0.25) is 0 Å². The third-order valence-electron chi connectivity index (χ3n) is 3.30. The fourth-order valence-electron chi connectivity index (χ4n) is 1.23. The first kappa shape index (κ1) is 14.6. The van der Waals surface area contributed by atoms with Crippen LogP contribution >= 0.6 is 0 Å². The van der Waals surface area contributed by atoms with Gasteiger partial charge in [0, 0.05) is 0 Å². The third-order valence-corrected chi connectivity index (χ3v) is 3.30. The van der Waals surface area contributed by atoms with Crippen molar-refractivity contribution in [2.45, 2.75) is 27.7 Å². The second-order valence-electron chi connectivity index (χ2n) is 5.17. The monoisotopic (exact) mass is 250 g/mol. The highest BCUT2D eigenvalue weighted by atomic mass is 16.6. The van der Waals surface area contributed by atoms with Gasteiger partial charge in [0.1, 0.15) is 19.0 Å². The van der Waals surface area contributed by atoms with Crippen LogP contribution in [0.5, 0.6) is 5.75 Å². The molecule has 0 radical (unpaired) electrons. The zero-order valence-corrected chi connectivity index (χ0v) is 11.6. The van der Waals surface area contributed by atoms with E-state index in [-0.39, 0.29) is 18.5 Å². The van der Waals surface area contributed by atoms with Crippen molar-refractivity contribution in [3.63, 3.8) is 0 Å². The summed E-state index contributed by atoms with van der Waals surface area (Å²) in [6, 6.07) is 9.49. The highest BCUT2D eigenvalue weighted by Gasteiger charge is 2.32. The first-order valence-electron chi connectivity index (χ1n) is 6.29. The van der Waals surface area contributed by atoms with Gasteiger partial charge in [-0.3, -0.25) is 4.79 Å². The molecule has 1 rings (SSSR count). The number of hydrogen-bond donors (Lipinski definition) is 0. The topological polar surface area (TPSA) is 35.5 Å². The number of carbonyl (C=O) groups is 1. The lowest BCUT2D eigenvalue weighted by molar-refractivity contribution is -0.157. The molecule has 3 heteroatoms. The Morgan fingerprint density at radius 3 is 2.33 bits per heavy atom. The Hall–Kier alpha value is -1.51. The average molecular weight is 250 g/mol. The van der Waals surface area contributed by atoms with Crippen LogP contribution in [0, 0.1) is 11.3 Å². The van der Waals surface area contributed by atoms with E-state index in [1.54, 1.807) is 0 Å². The fourth-order valence-corrected chi connectivity index (χ4v) is 1.23. The van der Waals surface area contributed by atoms with Crippen LogP contribution in [0.25, 0.3) is 0 Å². The summed E-state index contributed by atoms with van der Waals surface area (Å²) in [6.45, 7) is 8.49. The molecule has 1 aromatic rings. The lowest BCUT2D eigenvalue weighted by Crippen LogP contribution is -2.32. The molecule has 1 aromatic carbocycles. The number of ether oxygens (including phenoxy) is 2. The van der Waals surface area contributed by atoms with Crippen molar-refractivity contribution in [1.82, 2.24) is 0 Å². The van der Waals surface area contributed by atoms with Crippen molar-refractivity contribution in [2.75, 3.05) is 13.2 Å². The van der Waals surface area contributed by atoms with Crippen LogP contribution in [-0.2, 0) is 9.53 Å². The molecule has 3 nitrogen and oxygen atoms in total. The van der Waals surface area contributed by atoms with E-state index in [1.807, 2.05) is 58.0 Å². The Morgan fingerprint density at radius 1 is 1.17 bits per heavy atom. The van der Waals surface area contributed by atoms with Crippen molar-refractivity contribution in [3.05, 3.63) is 30.3 Å². The van der Waals surface area contributed by atoms with Gasteiger partial charge >= 0.3 is 5.97 Å². The predicted molar refractivity (Wildman–Crippen MR) is 71.5 cm³/mol. The zero-order chi connectivity index (χ0) is 13.6. The van der Waals surface area contributed by atoms with Crippen LogP contribution in [-0.4, -0.2) is 19.2 Å². The van der Waals surface area contributed by atoms with E-state index >= 15 is 0 Å². The van der Waals surface area contributed by atoms with Crippen molar-refractivity contribution < 1.29 is 14.3 Å². The maximum Gasteiger partial charge on any atom is 0.311 e. The average Bonchev–Trinajstić information content (AvgIpc) is 2.35. The van der Waals surface area contributed by atoms with Gasteiger partial charge in [-0.25, -0.2) is 0 Å². The van der Waals surface area contributed by atoms with Gasteiger partial charge < -0.3 is 9.47 Å². The standard InChI is InChI=1S/C15H22O3/c1-12(2)15(3,4)14(16)18-11-10-17-13-8-6-5-7-9-13/h5-9,12H,10-11H2,1-4H3. The number of hydrogen-bond acceptors (Lipinski definition) is 3. The van der Waals surface area contributed by atoms with Crippen molar-refractivity contribution >= 4 is 5.97 Å². The van der Waals surface area contributed by atoms with Crippen LogP contribution in [0.2, 0.25) is 0 Å². The minimum atomic E-state index is -0.452. The Bertz CT molecular complexity index is 369. The first-order valence-corrected chi connectivity index (χ1v) is 6.29. The van der Waals surface area contributed by atoms with Gasteiger partial charge in [0.25, 0.3) is 0 Å². The van der Waals surface area contributed by atoms with Crippen molar-refractivity contribution in [2.24, 2.45) is 11.3 Å². The molecule has 0 saturated carbocycles. The Labute approximate surface area is 109 Å². The molecule has 0 amide bonds. The van der Waals surface area contributed by atoms with Crippen LogP contribution in [0.15, 0.2) is 30.3 Å². The molecule has 0 N–H and O–H groups in total. The molecule has 0 aromatic heterocycles. The maximum atomic E-state index is 11.8. The predicted octanol–water partition coefficient (Wildman–Crippen LogP) is 3.29. The molecule has 0 aliphatic heterocycles. The van der Waals surface area contributed by atoms with E-state index in [9.17, 15) is 4.79 Å². The van der Waals surface area contributed by atoms with Gasteiger partial charge in [-0.05, 0) is 31.9 Å². The summed E-state index contributed by atoms with van der Waals surface area (Å²) in [7, 11) is 0. The molecule has 0 bridgehead atoms.